The van der Waals surface area contributed by atoms with Gasteiger partial charge in [-0.25, -0.2) is 13.6 Å². The van der Waals surface area contributed by atoms with Crippen LogP contribution in [0.5, 0.6) is 0 Å². The van der Waals surface area contributed by atoms with E-state index in [1.807, 2.05) is 23.1 Å². The number of benzene rings is 3. The van der Waals surface area contributed by atoms with Gasteiger partial charge in [0.05, 0.1) is 22.3 Å². The van der Waals surface area contributed by atoms with Crippen molar-refractivity contribution in [3.8, 4) is 0 Å². The molecule has 7 nitrogen and oxygen atoms in total. The monoisotopic (exact) mass is 606 g/mol. The predicted molar refractivity (Wildman–Crippen MR) is 160 cm³/mol. The van der Waals surface area contributed by atoms with Crippen LogP contribution in [0.25, 0.3) is 0 Å². The molecule has 1 spiro atoms. The Kier molecular flexibility index (Phi) is 8.09. The van der Waals surface area contributed by atoms with Gasteiger partial charge in [-0.2, -0.15) is 0 Å². The Morgan fingerprint density at radius 3 is 2.26 bits per heavy atom. The SMILES string of the molecule is O=C(NC1CCc2ccc(C(=O)N3CCC4(CCN(C(=O)Nc5ccc(F)cc5F)CC4)CC3)cc21)c1ccccc1Cl. The van der Waals surface area contributed by atoms with Crippen LogP contribution < -0.4 is 10.6 Å². The van der Waals surface area contributed by atoms with Gasteiger partial charge in [0.2, 0.25) is 0 Å². The molecule has 1 atom stereocenters. The van der Waals surface area contributed by atoms with E-state index >= 15 is 0 Å². The minimum atomic E-state index is -0.806. The average Bonchev–Trinajstić information content (AvgIpc) is 3.41. The van der Waals surface area contributed by atoms with E-state index in [2.05, 4.69) is 10.6 Å². The molecule has 43 heavy (non-hydrogen) atoms. The van der Waals surface area contributed by atoms with Crippen molar-refractivity contribution in [2.45, 2.75) is 44.6 Å². The molecule has 2 heterocycles. The van der Waals surface area contributed by atoms with E-state index < -0.39 is 17.7 Å². The van der Waals surface area contributed by atoms with Crippen LogP contribution in [0.4, 0.5) is 19.3 Å². The van der Waals surface area contributed by atoms with E-state index in [-0.39, 0.29) is 29.0 Å². The van der Waals surface area contributed by atoms with E-state index in [0.717, 1.165) is 61.8 Å². The van der Waals surface area contributed by atoms with Crippen molar-refractivity contribution in [1.82, 2.24) is 15.1 Å². The van der Waals surface area contributed by atoms with Crippen molar-refractivity contribution in [3.63, 3.8) is 0 Å². The highest BCUT2D eigenvalue weighted by molar-refractivity contribution is 6.33. The number of amides is 4. The summed E-state index contributed by atoms with van der Waals surface area (Å²) in [6.07, 6.45) is 4.91. The zero-order valence-electron chi connectivity index (χ0n) is 23.7. The number of hydrogen-bond acceptors (Lipinski definition) is 3. The molecule has 0 saturated carbocycles. The molecular weight excluding hydrogens is 574 g/mol. The Labute approximate surface area is 254 Å². The molecule has 6 rings (SSSR count). The van der Waals surface area contributed by atoms with Gasteiger partial charge in [0.1, 0.15) is 11.6 Å². The number of halogens is 3. The minimum Gasteiger partial charge on any atom is -0.345 e. The first-order chi connectivity index (χ1) is 20.7. The van der Waals surface area contributed by atoms with Gasteiger partial charge in [0.25, 0.3) is 11.8 Å². The molecule has 2 aliphatic heterocycles. The molecule has 10 heteroatoms. The number of fused-ring (bicyclic) bond motifs is 1. The first-order valence-electron chi connectivity index (χ1n) is 14.7. The molecule has 2 N–H and O–H groups in total. The van der Waals surface area contributed by atoms with Crippen molar-refractivity contribution in [3.05, 3.63) is 99.6 Å². The number of carbonyl (C=O) groups excluding carboxylic acids is 3. The summed E-state index contributed by atoms with van der Waals surface area (Å²) in [5, 5.41) is 6.04. The number of anilines is 1. The van der Waals surface area contributed by atoms with Crippen LogP contribution >= 0.6 is 11.6 Å². The van der Waals surface area contributed by atoms with Gasteiger partial charge in [0.15, 0.2) is 0 Å². The minimum absolute atomic E-state index is 0.0149. The van der Waals surface area contributed by atoms with Crippen LogP contribution in [0.3, 0.4) is 0 Å². The molecule has 3 aliphatic rings. The number of carbonyl (C=O) groups is 3. The molecule has 1 unspecified atom stereocenters. The lowest BCUT2D eigenvalue weighted by Crippen LogP contribution is -2.50. The summed E-state index contributed by atoms with van der Waals surface area (Å²) in [7, 11) is 0. The number of hydrogen-bond donors (Lipinski definition) is 2. The van der Waals surface area contributed by atoms with E-state index in [0.29, 0.717) is 42.3 Å². The fourth-order valence-corrected chi connectivity index (χ4v) is 6.82. The zero-order chi connectivity index (χ0) is 30.1. The number of piperidine rings is 2. The van der Waals surface area contributed by atoms with Crippen molar-refractivity contribution in [1.29, 1.82) is 0 Å². The number of aryl methyl sites for hydroxylation is 1. The summed E-state index contributed by atoms with van der Waals surface area (Å²) < 4.78 is 27.2. The molecule has 2 fully saturated rings. The van der Waals surface area contributed by atoms with Crippen molar-refractivity contribution in [2.24, 2.45) is 5.41 Å². The third-order valence-corrected chi connectivity index (χ3v) is 9.62. The van der Waals surface area contributed by atoms with E-state index in [4.69, 9.17) is 11.6 Å². The van der Waals surface area contributed by atoms with Gasteiger partial charge in [-0.05, 0) is 91.5 Å². The molecule has 4 amide bonds. The van der Waals surface area contributed by atoms with Crippen LogP contribution in [0.2, 0.25) is 5.02 Å². The first kappa shape index (κ1) is 29.1. The summed E-state index contributed by atoms with van der Waals surface area (Å²) in [5.74, 6) is -1.75. The van der Waals surface area contributed by atoms with Gasteiger partial charge in [-0.1, -0.05) is 29.8 Å². The highest BCUT2D eigenvalue weighted by atomic mass is 35.5. The second-order valence-electron chi connectivity index (χ2n) is 11.8. The maximum atomic E-state index is 14.0. The quantitative estimate of drug-likeness (QED) is 0.352. The molecule has 0 bridgehead atoms. The lowest BCUT2D eigenvalue weighted by atomic mass is 9.71. The zero-order valence-corrected chi connectivity index (χ0v) is 24.4. The number of nitrogens with zero attached hydrogens (tertiary/aromatic N) is 2. The van der Waals surface area contributed by atoms with Crippen molar-refractivity contribution < 1.29 is 23.2 Å². The summed E-state index contributed by atoms with van der Waals surface area (Å²) >= 11 is 6.22. The highest BCUT2D eigenvalue weighted by Gasteiger charge is 2.40. The molecule has 3 aromatic rings. The average molecular weight is 607 g/mol. The normalized spacial score (nSPS) is 19.2. The third kappa shape index (κ3) is 6.09. The highest BCUT2D eigenvalue weighted by Crippen LogP contribution is 2.42. The van der Waals surface area contributed by atoms with Crippen LogP contribution in [0.15, 0.2) is 60.7 Å². The van der Waals surface area contributed by atoms with Crippen molar-refractivity contribution in [2.75, 3.05) is 31.5 Å². The van der Waals surface area contributed by atoms with Crippen LogP contribution in [0, 0.1) is 17.0 Å². The lowest BCUT2D eigenvalue weighted by Gasteiger charge is -2.46. The van der Waals surface area contributed by atoms with Gasteiger partial charge in [-0.3, -0.25) is 9.59 Å². The standard InChI is InChI=1S/C33H33ClF2N4O3/c34-26-4-2-1-3-24(26)30(41)37-28-9-7-21-5-6-22(19-25(21)28)31(42)39-15-11-33(12-16-39)13-17-40(18-14-33)32(43)38-29-10-8-23(35)20-27(29)36/h1-6,8,10,19-20,28H,7,9,11-18H2,(H,37,41)(H,38,43). The Morgan fingerprint density at radius 1 is 0.860 bits per heavy atom. The fraction of sp³-hybridized carbons (Fsp3) is 0.364. The predicted octanol–water partition coefficient (Wildman–Crippen LogP) is 6.59. The van der Waals surface area contributed by atoms with Crippen LogP contribution in [-0.4, -0.2) is 53.8 Å². The molecule has 0 aromatic heterocycles. The molecule has 1 aliphatic carbocycles. The second kappa shape index (κ2) is 12.0. The number of nitrogens with one attached hydrogen (secondary N) is 2. The van der Waals surface area contributed by atoms with E-state index in [9.17, 15) is 23.2 Å². The smallest absolute Gasteiger partial charge is 0.321 e. The molecule has 3 aromatic carbocycles. The Balaban J connectivity index is 1.03. The summed E-state index contributed by atoms with van der Waals surface area (Å²) in [6, 6.07) is 15.3. The van der Waals surface area contributed by atoms with E-state index in [1.54, 1.807) is 29.2 Å². The maximum Gasteiger partial charge on any atom is 0.321 e. The Morgan fingerprint density at radius 2 is 1.56 bits per heavy atom. The van der Waals surface area contributed by atoms with Gasteiger partial charge < -0.3 is 20.4 Å². The second-order valence-corrected chi connectivity index (χ2v) is 12.2. The van der Waals surface area contributed by atoms with Gasteiger partial charge in [0, 0.05) is 37.8 Å². The summed E-state index contributed by atoms with van der Waals surface area (Å²) in [5.41, 5.74) is 3.18. The lowest BCUT2D eigenvalue weighted by molar-refractivity contribution is 0.0380. The van der Waals surface area contributed by atoms with Crippen molar-refractivity contribution >= 4 is 35.1 Å². The molecule has 2 saturated heterocycles. The number of rotatable bonds is 4. The topological polar surface area (TPSA) is 81.8 Å². The van der Waals surface area contributed by atoms with Gasteiger partial charge in [-0.15, -0.1) is 0 Å². The molecular formula is C33H33ClF2N4O3. The number of urea groups is 1. The summed E-state index contributed by atoms with van der Waals surface area (Å²) in [4.78, 5) is 42.7. The fourth-order valence-electron chi connectivity index (χ4n) is 6.60. The van der Waals surface area contributed by atoms with Gasteiger partial charge >= 0.3 is 6.03 Å². The Bertz CT molecular complexity index is 1560. The van der Waals surface area contributed by atoms with E-state index in [1.165, 1.54) is 6.07 Å². The number of likely N-dealkylation sites (tertiary alicyclic amines) is 2. The first-order valence-corrected chi connectivity index (χ1v) is 15.1. The largest absolute Gasteiger partial charge is 0.345 e. The van der Waals surface area contributed by atoms with Crippen LogP contribution in [0.1, 0.15) is 70.0 Å². The summed E-state index contributed by atoms with van der Waals surface area (Å²) in [6.45, 7) is 2.34. The maximum absolute atomic E-state index is 14.0. The Hall–Kier alpha value is -3.98. The molecule has 0 radical (unpaired) electrons. The third-order valence-electron chi connectivity index (χ3n) is 9.29. The van der Waals surface area contributed by atoms with Crippen LogP contribution in [-0.2, 0) is 6.42 Å². The molecule has 224 valence electrons.